The number of hydrogen-bond donors (Lipinski definition) is 2. The van der Waals surface area contributed by atoms with Gasteiger partial charge in [-0.25, -0.2) is 8.78 Å². The van der Waals surface area contributed by atoms with Gasteiger partial charge in [0.1, 0.15) is 17.7 Å². The molecule has 204 valence electrons. The Bertz CT molecular complexity index is 1210. The third-order valence-corrected chi connectivity index (χ3v) is 8.68. The molecule has 6 nitrogen and oxygen atoms in total. The Balaban J connectivity index is 1.45. The zero-order chi connectivity index (χ0) is 26.9. The van der Waals surface area contributed by atoms with Crippen LogP contribution in [0.2, 0.25) is 0 Å². The fourth-order valence-corrected chi connectivity index (χ4v) is 6.55. The van der Waals surface area contributed by atoms with Crippen LogP contribution in [0.25, 0.3) is 0 Å². The van der Waals surface area contributed by atoms with E-state index in [1.165, 1.54) is 24.6 Å². The predicted molar refractivity (Wildman–Crippen MR) is 147 cm³/mol. The number of nitrogens with zero attached hydrogens (tertiary/aromatic N) is 2. The van der Waals surface area contributed by atoms with Crippen LogP contribution < -0.4 is 15.5 Å². The summed E-state index contributed by atoms with van der Waals surface area (Å²) < 4.78 is 30.2. The number of likely N-dealkylation sites (N-methyl/N-ethyl adjacent to an activating group) is 1. The van der Waals surface area contributed by atoms with E-state index in [0.29, 0.717) is 30.0 Å². The minimum Gasteiger partial charge on any atom is -0.372 e. The molecule has 1 unspecified atom stereocenters. The summed E-state index contributed by atoms with van der Waals surface area (Å²) in [4.78, 5) is 29.6. The van der Waals surface area contributed by atoms with Gasteiger partial charge in [-0.3, -0.25) is 9.59 Å². The molecular formula is C30H38F2N4O2. The van der Waals surface area contributed by atoms with E-state index >= 15 is 4.39 Å². The molecule has 2 aromatic rings. The summed E-state index contributed by atoms with van der Waals surface area (Å²) in [5, 5.41) is 6.35. The summed E-state index contributed by atoms with van der Waals surface area (Å²) in [5.41, 5.74) is 2.50. The van der Waals surface area contributed by atoms with Gasteiger partial charge in [0.25, 0.3) is 0 Å². The molecule has 2 aliphatic heterocycles. The van der Waals surface area contributed by atoms with Crippen molar-refractivity contribution in [3.8, 4) is 0 Å². The van der Waals surface area contributed by atoms with Crippen LogP contribution in [0.3, 0.4) is 0 Å². The van der Waals surface area contributed by atoms with E-state index in [2.05, 4.69) is 10.6 Å². The normalized spacial score (nSPS) is 21.7. The number of amides is 2. The van der Waals surface area contributed by atoms with Gasteiger partial charge in [-0.05, 0) is 49.6 Å². The molecule has 1 atom stereocenters. The van der Waals surface area contributed by atoms with Crippen LogP contribution in [-0.2, 0) is 15.0 Å². The number of carbonyl (C=O) groups is 2. The van der Waals surface area contributed by atoms with Crippen molar-refractivity contribution in [3.63, 3.8) is 0 Å². The van der Waals surface area contributed by atoms with Crippen LogP contribution in [0.1, 0.15) is 68.9 Å². The number of hydrogen-bond acceptors (Lipinski definition) is 4. The molecule has 1 saturated carbocycles. The molecule has 2 aromatic carbocycles. The summed E-state index contributed by atoms with van der Waals surface area (Å²) in [6.07, 6.45) is 8.98. The summed E-state index contributed by atoms with van der Waals surface area (Å²) in [7, 11) is 1.75. The second kappa shape index (κ2) is 10.9. The maximum Gasteiger partial charge on any atom is 0.247 e. The van der Waals surface area contributed by atoms with Gasteiger partial charge in [0, 0.05) is 48.2 Å². The first kappa shape index (κ1) is 26.4. The van der Waals surface area contributed by atoms with Crippen molar-refractivity contribution in [2.75, 3.05) is 42.2 Å². The van der Waals surface area contributed by atoms with Crippen molar-refractivity contribution in [2.24, 2.45) is 0 Å². The molecule has 38 heavy (non-hydrogen) atoms. The minimum atomic E-state index is -0.663. The molecule has 0 radical (unpaired) electrons. The van der Waals surface area contributed by atoms with E-state index in [1.807, 2.05) is 11.8 Å². The highest BCUT2D eigenvalue weighted by Gasteiger charge is 2.51. The molecule has 1 spiro atoms. The first-order chi connectivity index (χ1) is 18.3. The fraction of sp³-hybridized carbons (Fsp3) is 0.533. The lowest BCUT2D eigenvalue weighted by molar-refractivity contribution is -0.129. The Hall–Kier alpha value is -3.16. The number of anilines is 3. The summed E-state index contributed by atoms with van der Waals surface area (Å²) in [5.74, 6) is -1.07. The molecule has 2 N–H and O–H groups in total. The highest BCUT2D eigenvalue weighted by molar-refractivity contribution is 6.00. The van der Waals surface area contributed by atoms with Crippen molar-refractivity contribution in [1.82, 2.24) is 4.90 Å². The standard InChI is InChI=1S/C30H38F2N4O2/c1-20-10-11-24(32)26-27(20)34-28(30(26)12-8-6-4-3-5-7-9-13-30)29(38)33-22-16-21(31)17-23(18-22)36-15-14-35(2)25(37)19-36/h10-11,16-18,28,34H,3-9,12-15,19H2,1-2H3,(H,33,38). The Morgan fingerprint density at radius 3 is 2.37 bits per heavy atom. The second-order valence-corrected chi connectivity index (χ2v) is 11.2. The SMILES string of the molecule is Cc1ccc(F)c2c1NC(C(=O)Nc1cc(F)cc(N3CCN(C)C(=O)C3)c1)C21CCCCCCCCC1. The summed E-state index contributed by atoms with van der Waals surface area (Å²) in [6.45, 7) is 3.24. The zero-order valence-electron chi connectivity index (χ0n) is 22.4. The average Bonchev–Trinajstić information content (AvgIpc) is 3.23. The van der Waals surface area contributed by atoms with Crippen LogP contribution in [0, 0.1) is 18.6 Å². The summed E-state index contributed by atoms with van der Waals surface area (Å²) in [6, 6.07) is 7.02. The molecule has 1 aliphatic carbocycles. The van der Waals surface area contributed by atoms with E-state index < -0.39 is 17.3 Å². The lowest BCUT2D eigenvalue weighted by Gasteiger charge is -2.36. The quantitative estimate of drug-likeness (QED) is 0.537. The molecule has 5 rings (SSSR count). The Kier molecular flexibility index (Phi) is 7.59. The number of fused-ring (bicyclic) bond motifs is 2. The largest absolute Gasteiger partial charge is 0.372 e. The first-order valence-corrected chi connectivity index (χ1v) is 13.9. The second-order valence-electron chi connectivity index (χ2n) is 11.2. The Morgan fingerprint density at radius 1 is 1.00 bits per heavy atom. The van der Waals surface area contributed by atoms with Gasteiger partial charge in [-0.15, -0.1) is 0 Å². The number of aryl methyl sites for hydroxylation is 1. The topological polar surface area (TPSA) is 64.7 Å². The van der Waals surface area contributed by atoms with Gasteiger partial charge in [-0.1, -0.05) is 51.0 Å². The van der Waals surface area contributed by atoms with E-state index in [4.69, 9.17) is 0 Å². The Morgan fingerprint density at radius 2 is 1.68 bits per heavy atom. The number of piperazine rings is 1. The minimum absolute atomic E-state index is 0.0330. The molecule has 2 heterocycles. The van der Waals surface area contributed by atoms with Crippen molar-refractivity contribution in [2.45, 2.75) is 76.2 Å². The van der Waals surface area contributed by atoms with Crippen molar-refractivity contribution < 1.29 is 18.4 Å². The molecular weight excluding hydrogens is 486 g/mol. The van der Waals surface area contributed by atoms with E-state index in [1.54, 1.807) is 24.1 Å². The smallest absolute Gasteiger partial charge is 0.247 e. The van der Waals surface area contributed by atoms with E-state index in [9.17, 15) is 14.0 Å². The lowest BCUT2D eigenvalue weighted by Crippen LogP contribution is -2.48. The van der Waals surface area contributed by atoms with Crippen molar-refractivity contribution in [3.05, 3.63) is 53.1 Å². The average molecular weight is 525 g/mol. The highest BCUT2D eigenvalue weighted by Crippen LogP contribution is 2.51. The van der Waals surface area contributed by atoms with E-state index in [-0.39, 0.29) is 24.2 Å². The monoisotopic (exact) mass is 524 g/mol. The van der Waals surface area contributed by atoms with Crippen molar-refractivity contribution >= 4 is 28.9 Å². The zero-order valence-corrected chi connectivity index (χ0v) is 22.4. The molecule has 2 fully saturated rings. The third-order valence-electron chi connectivity index (χ3n) is 8.68. The van der Waals surface area contributed by atoms with Crippen LogP contribution in [-0.4, -0.2) is 49.4 Å². The van der Waals surface area contributed by atoms with Gasteiger partial charge in [0.15, 0.2) is 0 Å². The van der Waals surface area contributed by atoms with Crippen LogP contribution in [0.4, 0.5) is 25.8 Å². The number of carbonyl (C=O) groups excluding carboxylic acids is 2. The van der Waals surface area contributed by atoms with Crippen molar-refractivity contribution in [1.29, 1.82) is 0 Å². The van der Waals surface area contributed by atoms with Gasteiger partial charge in [-0.2, -0.15) is 0 Å². The Labute approximate surface area is 223 Å². The molecule has 0 aromatic heterocycles. The molecule has 0 bridgehead atoms. The molecule has 2 amide bonds. The lowest BCUT2D eigenvalue weighted by atomic mass is 9.68. The highest BCUT2D eigenvalue weighted by atomic mass is 19.1. The van der Waals surface area contributed by atoms with Crippen LogP contribution >= 0.6 is 0 Å². The number of rotatable bonds is 3. The number of halogens is 2. The summed E-state index contributed by atoms with van der Waals surface area (Å²) >= 11 is 0. The molecule has 1 saturated heterocycles. The van der Waals surface area contributed by atoms with Gasteiger partial charge < -0.3 is 20.4 Å². The first-order valence-electron chi connectivity index (χ1n) is 13.9. The predicted octanol–water partition coefficient (Wildman–Crippen LogP) is 5.75. The maximum atomic E-state index is 15.5. The van der Waals surface area contributed by atoms with Gasteiger partial charge >= 0.3 is 0 Å². The van der Waals surface area contributed by atoms with Gasteiger partial charge in [0.05, 0.1) is 6.54 Å². The van der Waals surface area contributed by atoms with E-state index in [0.717, 1.165) is 62.6 Å². The molecule has 8 heteroatoms. The maximum absolute atomic E-state index is 15.5. The van der Waals surface area contributed by atoms with Crippen LogP contribution in [0.15, 0.2) is 30.3 Å². The number of benzene rings is 2. The van der Waals surface area contributed by atoms with Crippen LogP contribution in [0.5, 0.6) is 0 Å². The molecule has 3 aliphatic rings. The number of nitrogens with one attached hydrogen (secondary N) is 2. The third kappa shape index (κ3) is 5.09. The fourth-order valence-electron chi connectivity index (χ4n) is 6.55. The van der Waals surface area contributed by atoms with Gasteiger partial charge in [0.2, 0.25) is 11.8 Å².